The maximum absolute atomic E-state index is 11.8. The van der Waals surface area contributed by atoms with Crippen molar-refractivity contribution < 1.29 is 24.4 Å². The van der Waals surface area contributed by atoms with Gasteiger partial charge in [-0.15, -0.1) is 11.8 Å². The van der Waals surface area contributed by atoms with Gasteiger partial charge in [0.1, 0.15) is 0 Å². The van der Waals surface area contributed by atoms with Gasteiger partial charge in [0.15, 0.2) is 0 Å². The number of hydrogen-bond donors (Lipinski definition) is 1. The molecule has 9 nitrogen and oxygen atoms in total. The molecule has 0 saturated carbocycles. The molecule has 0 spiro atoms. The summed E-state index contributed by atoms with van der Waals surface area (Å²) in [5, 5.41) is 26.1. The average Bonchev–Trinajstić information content (AvgIpc) is 2.54. The number of rotatable bonds is 10. The number of benzene rings is 1. The van der Waals surface area contributed by atoms with Gasteiger partial charge in [0.05, 0.1) is 17.2 Å². The summed E-state index contributed by atoms with van der Waals surface area (Å²) in [7, 11) is 0. The van der Waals surface area contributed by atoms with Crippen LogP contribution in [0.2, 0.25) is 0 Å². The summed E-state index contributed by atoms with van der Waals surface area (Å²) >= 11 is 1.13. The van der Waals surface area contributed by atoms with Gasteiger partial charge in [-0.05, 0) is 31.2 Å². The molecule has 24 heavy (non-hydrogen) atoms. The normalized spacial score (nSPS) is 12.0. The largest absolute Gasteiger partial charge is 0.481 e. The summed E-state index contributed by atoms with van der Waals surface area (Å²) in [6, 6.07) is 5.40. The van der Waals surface area contributed by atoms with Gasteiger partial charge in [-0.2, -0.15) is 10.2 Å². The third-order valence-corrected chi connectivity index (χ3v) is 3.76. The highest BCUT2D eigenvalue weighted by Crippen LogP contribution is 2.22. The van der Waals surface area contributed by atoms with Crippen LogP contribution < -0.4 is 0 Å². The lowest BCUT2D eigenvalue weighted by molar-refractivity contribution is -0.384. The highest BCUT2D eigenvalue weighted by molar-refractivity contribution is 8.00. The molecule has 0 aliphatic rings. The van der Waals surface area contributed by atoms with Gasteiger partial charge in [0.2, 0.25) is 5.37 Å². The highest BCUT2D eigenvalue weighted by atomic mass is 32.2. The first-order valence-corrected chi connectivity index (χ1v) is 8.14. The topological polar surface area (TPSA) is 131 Å². The van der Waals surface area contributed by atoms with Gasteiger partial charge in [-0.1, -0.05) is 0 Å². The van der Waals surface area contributed by atoms with Gasteiger partial charge in [-0.3, -0.25) is 14.9 Å². The van der Waals surface area contributed by atoms with Crippen LogP contribution in [0.1, 0.15) is 19.8 Å². The molecule has 1 N–H and O–H groups in total. The molecule has 1 atom stereocenters. The van der Waals surface area contributed by atoms with E-state index < -0.39 is 22.2 Å². The van der Waals surface area contributed by atoms with Gasteiger partial charge >= 0.3 is 11.9 Å². The van der Waals surface area contributed by atoms with Crippen LogP contribution >= 0.6 is 11.8 Å². The molecule has 0 amide bonds. The Labute approximate surface area is 142 Å². The van der Waals surface area contributed by atoms with E-state index in [-0.39, 0.29) is 18.7 Å². The first-order chi connectivity index (χ1) is 11.4. The molecule has 10 heteroatoms. The minimum Gasteiger partial charge on any atom is -0.481 e. The van der Waals surface area contributed by atoms with Crippen LogP contribution in [0.15, 0.2) is 34.5 Å². The van der Waals surface area contributed by atoms with Crippen LogP contribution in [0.5, 0.6) is 0 Å². The Morgan fingerprint density at radius 2 is 2.04 bits per heavy atom. The molecule has 0 heterocycles. The third kappa shape index (κ3) is 7.18. The third-order valence-electron chi connectivity index (χ3n) is 2.64. The summed E-state index contributed by atoms with van der Waals surface area (Å²) in [5.41, 5.74) is 0.292. The van der Waals surface area contributed by atoms with Crippen molar-refractivity contribution in [2.45, 2.75) is 25.1 Å². The zero-order valence-electron chi connectivity index (χ0n) is 13.0. The second-order valence-electron chi connectivity index (χ2n) is 4.46. The molecular weight excluding hydrogens is 338 g/mol. The number of esters is 1. The zero-order valence-corrected chi connectivity index (χ0v) is 13.8. The van der Waals surface area contributed by atoms with Crippen LogP contribution in [0.4, 0.5) is 11.4 Å². The van der Waals surface area contributed by atoms with Crippen molar-refractivity contribution >= 4 is 35.1 Å². The molecule has 0 unspecified atom stereocenters. The maximum Gasteiger partial charge on any atom is 0.343 e. The number of nitro benzene ring substituents is 1. The molecule has 0 aromatic heterocycles. The highest BCUT2D eigenvalue weighted by Gasteiger charge is 2.19. The van der Waals surface area contributed by atoms with Crippen molar-refractivity contribution in [3.05, 3.63) is 34.4 Å². The molecule has 1 aromatic carbocycles. The number of non-ortho nitro benzene ring substituents is 1. The smallest absolute Gasteiger partial charge is 0.343 e. The first kappa shape index (κ1) is 19.6. The number of azo groups is 1. The van der Waals surface area contributed by atoms with Gasteiger partial charge < -0.3 is 9.84 Å². The lowest BCUT2D eigenvalue weighted by atomic mass is 10.3. The number of nitro groups is 1. The molecule has 0 radical (unpaired) electrons. The number of aliphatic carboxylic acids is 1. The molecule has 1 aromatic rings. The van der Waals surface area contributed by atoms with Crippen LogP contribution in [0.3, 0.4) is 0 Å². The van der Waals surface area contributed by atoms with Crippen molar-refractivity contribution in [1.82, 2.24) is 0 Å². The second-order valence-corrected chi connectivity index (χ2v) is 5.65. The SMILES string of the molecule is CCOC(=O)[C@@H](N=Nc1ccc([N+](=O)[O-])cc1)SCCCC(=O)O. The summed E-state index contributed by atoms with van der Waals surface area (Å²) < 4.78 is 4.90. The van der Waals surface area contributed by atoms with Crippen molar-refractivity contribution in [2.24, 2.45) is 10.2 Å². The van der Waals surface area contributed by atoms with E-state index in [1.54, 1.807) is 6.92 Å². The van der Waals surface area contributed by atoms with Gasteiger partial charge in [-0.25, -0.2) is 4.79 Å². The van der Waals surface area contributed by atoms with Gasteiger partial charge in [0.25, 0.3) is 5.69 Å². The molecule has 0 bridgehead atoms. The lowest BCUT2D eigenvalue weighted by Crippen LogP contribution is -2.18. The van der Waals surface area contributed by atoms with Crippen molar-refractivity contribution in [2.75, 3.05) is 12.4 Å². The predicted molar refractivity (Wildman–Crippen MR) is 87.4 cm³/mol. The summed E-state index contributed by atoms with van der Waals surface area (Å²) in [6.45, 7) is 1.86. The predicted octanol–water partition coefficient (Wildman–Crippen LogP) is 3.17. The Morgan fingerprint density at radius 3 is 2.58 bits per heavy atom. The minimum atomic E-state index is -0.908. The Bertz CT molecular complexity index is 605. The Morgan fingerprint density at radius 1 is 1.38 bits per heavy atom. The molecule has 0 aliphatic carbocycles. The number of carbonyl (C=O) groups excluding carboxylic acids is 1. The zero-order chi connectivity index (χ0) is 17.9. The summed E-state index contributed by atoms with van der Waals surface area (Å²) in [4.78, 5) is 32.4. The minimum absolute atomic E-state index is 0.00202. The van der Waals surface area contributed by atoms with Crippen LogP contribution in [0.25, 0.3) is 0 Å². The van der Waals surface area contributed by atoms with E-state index in [0.29, 0.717) is 17.9 Å². The van der Waals surface area contributed by atoms with Crippen molar-refractivity contribution in [1.29, 1.82) is 0 Å². The second kappa shape index (κ2) is 10.3. The molecule has 0 fully saturated rings. The molecule has 1 rings (SSSR count). The van der Waals surface area contributed by atoms with Gasteiger partial charge in [0, 0.05) is 18.6 Å². The van der Waals surface area contributed by atoms with E-state index in [1.807, 2.05) is 0 Å². The number of thioether (sulfide) groups is 1. The molecule has 130 valence electrons. The number of carboxylic acid groups (broad SMARTS) is 1. The number of nitrogens with zero attached hydrogens (tertiary/aromatic N) is 3. The van der Waals surface area contributed by atoms with E-state index in [4.69, 9.17) is 9.84 Å². The summed E-state index contributed by atoms with van der Waals surface area (Å²) in [5.74, 6) is -1.06. The maximum atomic E-state index is 11.8. The Kier molecular flexibility index (Phi) is 8.41. The average molecular weight is 355 g/mol. The van der Waals surface area contributed by atoms with Crippen LogP contribution in [0, 0.1) is 10.1 Å². The fourth-order valence-corrected chi connectivity index (χ4v) is 2.39. The fourth-order valence-electron chi connectivity index (χ4n) is 1.54. The van der Waals surface area contributed by atoms with Crippen LogP contribution in [-0.4, -0.2) is 39.7 Å². The first-order valence-electron chi connectivity index (χ1n) is 7.09. The molecule has 0 aliphatic heterocycles. The van der Waals surface area contributed by atoms with Crippen molar-refractivity contribution in [3.8, 4) is 0 Å². The number of carboxylic acids is 1. The van der Waals surface area contributed by atoms with E-state index >= 15 is 0 Å². The van der Waals surface area contributed by atoms with E-state index in [9.17, 15) is 19.7 Å². The number of hydrogen-bond acceptors (Lipinski definition) is 8. The molecular formula is C14H17N3O6S. The van der Waals surface area contributed by atoms with E-state index in [1.165, 1.54) is 24.3 Å². The monoisotopic (exact) mass is 355 g/mol. The fraction of sp³-hybridized carbons (Fsp3) is 0.429. The van der Waals surface area contributed by atoms with E-state index in [2.05, 4.69) is 10.2 Å². The Balaban J connectivity index is 2.69. The standard InChI is InChI=1S/C14H17N3O6S/c1-2-23-14(20)13(24-9-3-4-12(18)19)16-15-10-5-7-11(8-6-10)17(21)22/h5-8,13H,2-4,9H2,1H3,(H,18,19)/t13-/m0/s1. The van der Waals surface area contributed by atoms with Crippen LogP contribution in [-0.2, 0) is 14.3 Å². The van der Waals surface area contributed by atoms with E-state index in [0.717, 1.165) is 11.8 Å². The number of ether oxygens (including phenoxy) is 1. The molecule has 0 saturated heterocycles. The summed E-state index contributed by atoms with van der Waals surface area (Å²) in [6.07, 6.45) is 0.394. The Hall–Kier alpha value is -2.49. The van der Waals surface area contributed by atoms with Crippen molar-refractivity contribution in [3.63, 3.8) is 0 Å². The number of carbonyl (C=O) groups is 2. The quantitative estimate of drug-likeness (QED) is 0.224. The lowest BCUT2D eigenvalue weighted by Gasteiger charge is -2.09.